The molecule has 2 aromatic rings. The molecule has 1 aromatic heterocycles. The van der Waals surface area contributed by atoms with E-state index < -0.39 is 10.9 Å². The van der Waals surface area contributed by atoms with Crippen molar-refractivity contribution in [3.8, 4) is 5.69 Å². The average Bonchev–Trinajstić information content (AvgIpc) is 2.55. The van der Waals surface area contributed by atoms with Crippen molar-refractivity contribution in [1.29, 1.82) is 0 Å². The molecule has 0 saturated carbocycles. The van der Waals surface area contributed by atoms with Crippen LogP contribution in [0.2, 0.25) is 0 Å². The van der Waals surface area contributed by atoms with Crippen molar-refractivity contribution >= 4 is 17.0 Å². The summed E-state index contributed by atoms with van der Waals surface area (Å²) < 4.78 is 14.2. The Kier molecular flexibility index (Phi) is 3.24. The highest BCUT2D eigenvalue weighted by Gasteiger charge is 2.13. The molecule has 94 valence electrons. The first-order chi connectivity index (χ1) is 8.49. The van der Waals surface area contributed by atoms with Gasteiger partial charge in [0.2, 0.25) is 0 Å². The largest absolute Gasteiger partial charge is 0.360 e. The molecule has 7 heteroatoms. The molecule has 2 rings (SSSR count). The monoisotopic (exact) mass is 267 g/mol. The van der Waals surface area contributed by atoms with Crippen LogP contribution in [-0.4, -0.2) is 14.8 Å². The van der Waals surface area contributed by atoms with E-state index in [2.05, 4.69) is 4.98 Å². The number of imidazole rings is 1. The molecular formula is C11H10FN3O2S. The van der Waals surface area contributed by atoms with Crippen molar-refractivity contribution in [2.75, 3.05) is 0 Å². The van der Waals surface area contributed by atoms with Crippen LogP contribution in [0.5, 0.6) is 0 Å². The Hall–Kier alpha value is -2.02. The highest BCUT2D eigenvalue weighted by molar-refractivity contribution is 8.13. The fourth-order valence-corrected chi connectivity index (χ4v) is 2.18. The highest BCUT2D eigenvalue weighted by Crippen LogP contribution is 2.20. The summed E-state index contributed by atoms with van der Waals surface area (Å²) in [5, 5.41) is -0.220. The van der Waals surface area contributed by atoms with E-state index in [1.165, 1.54) is 28.8 Å². The van der Waals surface area contributed by atoms with Crippen molar-refractivity contribution < 1.29 is 9.18 Å². The first-order valence-corrected chi connectivity index (χ1v) is 5.85. The third kappa shape index (κ3) is 2.30. The summed E-state index contributed by atoms with van der Waals surface area (Å²) in [4.78, 5) is 25.1. The van der Waals surface area contributed by atoms with Crippen molar-refractivity contribution in [3.05, 3.63) is 46.3 Å². The lowest BCUT2D eigenvalue weighted by Gasteiger charge is -2.04. The Bertz CT molecular complexity index is 645. The second kappa shape index (κ2) is 4.69. The van der Waals surface area contributed by atoms with E-state index >= 15 is 0 Å². The Morgan fingerprint density at radius 2 is 2.00 bits per heavy atom. The zero-order valence-electron chi connectivity index (χ0n) is 9.44. The van der Waals surface area contributed by atoms with Crippen molar-refractivity contribution in [2.24, 2.45) is 5.73 Å². The molecule has 0 aliphatic heterocycles. The van der Waals surface area contributed by atoms with Crippen LogP contribution in [0.25, 0.3) is 5.69 Å². The molecule has 18 heavy (non-hydrogen) atoms. The minimum atomic E-state index is -0.606. The van der Waals surface area contributed by atoms with Gasteiger partial charge in [-0.25, -0.2) is 9.18 Å². The summed E-state index contributed by atoms with van der Waals surface area (Å²) in [5.41, 5.74) is 5.73. The molecule has 1 heterocycles. The third-order valence-corrected chi connectivity index (χ3v) is 3.18. The first-order valence-electron chi connectivity index (χ1n) is 5.04. The zero-order valence-corrected chi connectivity index (χ0v) is 10.3. The normalized spacial score (nSPS) is 10.6. The van der Waals surface area contributed by atoms with Gasteiger partial charge < -0.3 is 5.73 Å². The van der Waals surface area contributed by atoms with Gasteiger partial charge in [-0.3, -0.25) is 14.3 Å². The first kappa shape index (κ1) is 12.4. The van der Waals surface area contributed by atoms with Gasteiger partial charge in [0.15, 0.2) is 0 Å². The summed E-state index contributed by atoms with van der Waals surface area (Å²) in [5.74, 6) is -0.383. The van der Waals surface area contributed by atoms with Gasteiger partial charge in [0.05, 0.1) is 11.4 Å². The lowest BCUT2D eigenvalue weighted by molar-refractivity contribution is 0.267. The fourth-order valence-electron chi connectivity index (χ4n) is 1.60. The molecular weight excluding hydrogens is 257 g/mol. The number of carbonyl (C=O) groups is 1. The Morgan fingerprint density at radius 1 is 1.39 bits per heavy atom. The van der Waals surface area contributed by atoms with E-state index in [1.807, 2.05) is 0 Å². The average molecular weight is 267 g/mol. The number of benzene rings is 1. The van der Waals surface area contributed by atoms with E-state index in [0.29, 0.717) is 16.4 Å². The van der Waals surface area contributed by atoms with Gasteiger partial charge >= 0.3 is 5.69 Å². The number of aromatic nitrogens is 2. The van der Waals surface area contributed by atoms with Crippen LogP contribution in [0.1, 0.15) is 5.69 Å². The van der Waals surface area contributed by atoms with Crippen molar-refractivity contribution in [2.45, 2.75) is 11.9 Å². The second-order valence-corrected chi connectivity index (χ2v) is 4.59. The predicted molar refractivity (Wildman–Crippen MR) is 66.5 cm³/mol. The Balaban J connectivity index is 2.51. The van der Waals surface area contributed by atoms with Crippen LogP contribution in [-0.2, 0) is 0 Å². The van der Waals surface area contributed by atoms with E-state index in [0.717, 1.165) is 11.8 Å². The van der Waals surface area contributed by atoms with Gasteiger partial charge in [-0.05, 0) is 43.0 Å². The topological polar surface area (TPSA) is 80.9 Å². The maximum Gasteiger partial charge on any atom is 0.331 e. The summed E-state index contributed by atoms with van der Waals surface area (Å²) in [7, 11) is 0. The summed E-state index contributed by atoms with van der Waals surface area (Å²) >= 11 is 0.746. The maximum absolute atomic E-state index is 12.8. The number of nitrogens with zero attached hydrogens (tertiary/aromatic N) is 1. The van der Waals surface area contributed by atoms with E-state index in [9.17, 15) is 14.0 Å². The van der Waals surface area contributed by atoms with Gasteiger partial charge in [0.25, 0.3) is 5.24 Å². The van der Waals surface area contributed by atoms with Gasteiger partial charge in [-0.2, -0.15) is 0 Å². The summed E-state index contributed by atoms with van der Waals surface area (Å²) in [6, 6.07) is 5.48. The van der Waals surface area contributed by atoms with Crippen LogP contribution in [0.15, 0.2) is 34.1 Å². The number of hydrogen-bond donors (Lipinski definition) is 2. The molecule has 0 bridgehead atoms. The maximum atomic E-state index is 12.8. The Labute approximate surface area is 106 Å². The third-order valence-electron chi connectivity index (χ3n) is 2.38. The molecule has 0 spiro atoms. The molecule has 0 atom stereocenters. The SMILES string of the molecule is Cc1c(SC(N)=O)[nH]c(=O)n1-c1ccc(F)cc1. The number of thioether (sulfide) groups is 1. The van der Waals surface area contributed by atoms with Gasteiger partial charge in [-0.1, -0.05) is 0 Å². The number of carbonyl (C=O) groups excluding carboxylic acids is 1. The molecule has 0 aliphatic carbocycles. The fraction of sp³-hybridized carbons (Fsp3) is 0.0909. The summed E-state index contributed by atoms with van der Waals surface area (Å²) in [6.07, 6.45) is 0. The number of halogens is 1. The number of H-pyrrole nitrogens is 1. The standard InChI is InChI=1S/C11H10FN3O2S/c1-6-9(18-10(13)16)14-11(17)15(6)8-4-2-7(12)3-5-8/h2-5H,1H3,(H2,13,16)(H,14,17). The number of nitrogens with one attached hydrogen (secondary N) is 1. The number of hydrogen-bond acceptors (Lipinski definition) is 3. The van der Waals surface area contributed by atoms with E-state index in [1.54, 1.807) is 6.92 Å². The van der Waals surface area contributed by atoms with Gasteiger partial charge in [0, 0.05) is 0 Å². The molecule has 0 radical (unpaired) electrons. The molecule has 1 aromatic carbocycles. The highest BCUT2D eigenvalue weighted by atomic mass is 32.2. The molecule has 1 amide bonds. The van der Waals surface area contributed by atoms with E-state index in [-0.39, 0.29) is 5.82 Å². The van der Waals surface area contributed by atoms with Crippen LogP contribution in [0.4, 0.5) is 9.18 Å². The van der Waals surface area contributed by atoms with Crippen LogP contribution >= 0.6 is 11.8 Å². The van der Waals surface area contributed by atoms with Gasteiger partial charge in [-0.15, -0.1) is 0 Å². The van der Waals surface area contributed by atoms with Crippen LogP contribution in [0, 0.1) is 12.7 Å². The number of nitrogens with two attached hydrogens (primary N) is 1. The predicted octanol–water partition coefficient (Wildman–Crippen LogP) is 1.78. The quantitative estimate of drug-likeness (QED) is 0.814. The van der Waals surface area contributed by atoms with Crippen molar-refractivity contribution in [3.63, 3.8) is 0 Å². The van der Waals surface area contributed by atoms with Crippen LogP contribution < -0.4 is 11.4 Å². The number of aromatic amines is 1. The minimum Gasteiger partial charge on any atom is -0.360 e. The molecule has 0 aliphatic rings. The van der Waals surface area contributed by atoms with Crippen molar-refractivity contribution in [1.82, 2.24) is 9.55 Å². The number of rotatable bonds is 2. The Morgan fingerprint density at radius 3 is 2.56 bits per heavy atom. The zero-order chi connectivity index (χ0) is 13.3. The summed E-state index contributed by atoms with van der Waals surface area (Å²) in [6.45, 7) is 1.67. The molecule has 0 fully saturated rings. The molecule has 5 nitrogen and oxygen atoms in total. The molecule has 0 saturated heterocycles. The smallest absolute Gasteiger partial charge is 0.331 e. The molecule has 3 N–H and O–H groups in total. The lowest BCUT2D eigenvalue weighted by Crippen LogP contribution is -2.15. The number of amides is 1. The van der Waals surface area contributed by atoms with Crippen LogP contribution in [0.3, 0.4) is 0 Å². The minimum absolute atomic E-state index is 0.383. The number of primary amides is 1. The lowest BCUT2D eigenvalue weighted by atomic mass is 10.3. The second-order valence-electron chi connectivity index (χ2n) is 3.58. The molecule has 0 unspecified atom stereocenters. The van der Waals surface area contributed by atoms with Gasteiger partial charge in [0.1, 0.15) is 10.8 Å². The van der Waals surface area contributed by atoms with E-state index in [4.69, 9.17) is 5.73 Å².